The van der Waals surface area contributed by atoms with E-state index in [1.165, 1.54) is 11.1 Å². The van der Waals surface area contributed by atoms with Gasteiger partial charge in [0, 0.05) is 0 Å². The quantitative estimate of drug-likeness (QED) is 0.171. The van der Waals surface area contributed by atoms with Gasteiger partial charge in [0.1, 0.15) is 0 Å². The molecule has 0 saturated carbocycles. The summed E-state index contributed by atoms with van der Waals surface area (Å²) in [6.07, 6.45) is 5.04. The van der Waals surface area contributed by atoms with Crippen LogP contribution in [0.1, 0.15) is 14.8 Å². The Morgan fingerprint density at radius 2 is 1.05 bits per heavy atom. The first-order valence-electron chi connectivity index (χ1n) is 13.0. The minimum atomic E-state index is -5.27. The van der Waals surface area contributed by atoms with Gasteiger partial charge in [-0.3, -0.25) is 0 Å². The summed E-state index contributed by atoms with van der Waals surface area (Å²) in [6.45, 7) is 5.34. The van der Waals surface area contributed by atoms with Crippen LogP contribution in [-0.4, -0.2) is 5.92 Å². The number of hydrogen-bond donors (Lipinski definition) is 0. The molecule has 5 heteroatoms. The van der Waals surface area contributed by atoms with Crippen molar-refractivity contribution in [2.24, 2.45) is 0 Å². The first-order chi connectivity index (χ1) is 17.6. The summed E-state index contributed by atoms with van der Waals surface area (Å²) in [5, 5.41) is 0. The average Bonchev–Trinajstić information content (AvgIpc) is 3.64. The molecule has 38 heavy (non-hydrogen) atoms. The Morgan fingerprint density at radius 3 is 1.50 bits per heavy atom. The maximum atomic E-state index is 2.67. The largest absolute Gasteiger partial charge is 0.147 e. The Hall–Kier alpha value is -1.92. The van der Waals surface area contributed by atoms with Gasteiger partial charge < -0.3 is 0 Å². The molecule has 0 radical (unpaired) electrons. The SMILES string of the molecule is C[SiH](C)[Zr]([c]1ccccc1)([c]1ccccc1)([c]1ccccc1)([c]1ccc[pH]1)[CH]1C=Cc2ccccc21.Cl.Cl. The van der Waals surface area contributed by atoms with Gasteiger partial charge in [-0.25, -0.2) is 0 Å². The maximum Gasteiger partial charge on any atom is -0.147 e. The second-order valence-corrected chi connectivity index (χ2v) is 50.2. The number of fused-ring (bicyclic) bond motifs is 1. The fraction of sp³-hybridized carbons (Fsp3) is 0.0909. The average molecular weight is 653 g/mol. The van der Waals surface area contributed by atoms with Crippen molar-refractivity contribution in [3.8, 4) is 0 Å². The Balaban J connectivity index is 0.00000168. The molecule has 5 aromatic rings. The molecule has 0 saturated heterocycles. The van der Waals surface area contributed by atoms with E-state index in [0.717, 1.165) is 0 Å². The van der Waals surface area contributed by atoms with E-state index in [9.17, 15) is 0 Å². The molecule has 1 heterocycles. The molecule has 194 valence electrons. The first-order valence-corrected chi connectivity index (χ1v) is 27.6. The van der Waals surface area contributed by atoms with Gasteiger partial charge in [0.2, 0.25) is 0 Å². The van der Waals surface area contributed by atoms with Crippen LogP contribution in [0, 0.1) is 0 Å². The van der Waals surface area contributed by atoms with E-state index < -0.39 is 22.4 Å². The zero-order valence-electron chi connectivity index (χ0n) is 21.8. The minimum absolute atomic E-state index is 0. The summed E-state index contributed by atoms with van der Waals surface area (Å²) in [4.78, 5) is 0. The molecule has 2 unspecified atom stereocenters. The molecule has 0 nitrogen and oxygen atoms in total. The summed E-state index contributed by atoms with van der Waals surface area (Å²) in [5.41, 5.74) is 2.89. The molecule has 6 rings (SSSR count). The third-order valence-electron chi connectivity index (χ3n) is 10.0. The van der Waals surface area contributed by atoms with E-state index in [2.05, 4.69) is 158 Å². The summed E-state index contributed by atoms with van der Waals surface area (Å²) in [6, 6.07) is 49.4. The predicted octanol–water partition coefficient (Wildman–Crippen LogP) is 7.14. The van der Waals surface area contributed by atoms with Gasteiger partial charge in [-0.05, 0) is 0 Å². The monoisotopic (exact) mass is 650 g/mol. The van der Waals surface area contributed by atoms with Crippen LogP contribution in [0.25, 0.3) is 6.08 Å². The number of allylic oxidation sites excluding steroid dienone is 1. The van der Waals surface area contributed by atoms with Crippen molar-refractivity contribution >= 4 is 57.8 Å². The molecule has 0 amide bonds. The van der Waals surface area contributed by atoms with Gasteiger partial charge in [0.25, 0.3) is 0 Å². The van der Waals surface area contributed by atoms with Gasteiger partial charge in [0.15, 0.2) is 0 Å². The van der Waals surface area contributed by atoms with E-state index in [1.807, 2.05) is 0 Å². The fourth-order valence-electron chi connectivity index (χ4n) is 8.63. The smallest absolute Gasteiger partial charge is 0.147 e. The maximum absolute atomic E-state index is 5.27. The Kier molecular flexibility index (Phi) is 8.09. The van der Waals surface area contributed by atoms with Gasteiger partial charge >= 0.3 is 217 Å². The molecular formula is C33H35Cl2PSiZr. The Morgan fingerprint density at radius 1 is 0.579 bits per heavy atom. The number of halogens is 2. The third-order valence-corrected chi connectivity index (χ3v) is 75.2. The summed E-state index contributed by atoms with van der Waals surface area (Å²) in [7, 11) is 0.698. The Bertz CT molecular complexity index is 1450. The molecule has 0 aliphatic heterocycles. The van der Waals surface area contributed by atoms with E-state index in [0.29, 0.717) is 11.8 Å². The van der Waals surface area contributed by atoms with Crippen LogP contribution in [0.4, 0.5) is 0 Å². The number of benzene rings is 4. The molecular weight excluding hydrogens is 618 g/mol. The zero-order chi connectivity index (χ0) is 24.7. The van der Waals surface area contributed by atoms with E-state index in [1.54, 1.807) is 12.8 Å². The second kappa shape index (κ2) is 10.6. The first kappa shape index (κ1) is 29.1. The van der Waals surface area contributed by atoms with Crippen LogP contribution in [0.2, 0.25) is 13.1 Å². The van der Waals surface area contributed by atoms with Crippen LogP contribution in [-0.2, 0) is 16.5 Å². The van der Waals surface area contributed by atoms with Gasteiger partial charge in [0.05, 0.1) is 0 Å². The van der Waals surface area contributed by atoms with Crippen LogP contribution in [0.15, 0.2) is 139 Å². The van der Waals surface area contributed by atoms with Crippen LogP contribution >= 0.6 is 33.0 Å². The van der Waals surface area contributed by atoms with E-state index >= 15 is 0 Å². The molecule has 1 aromatic heterocycles. The molecule has 0 N–H and O–H groups in total. The third kappa shape index (κ3) is 3.13. The van der Waals surface area contributed by atoms with Crippen LogP contribution in [0.5, 0.6) is 0 Å². The van der Waals surface area contributed by atoms with Crippen molar-refractivity contribution in [3.05, 3.63) is 150 Å². The molecule has 1 aliphatic rings. The van der Waals surface area contributed by atoms with Crippen LogP contribution in [0.3, 0.4) is 0 Å². The molecule has 4 aromatic carbocycles. The van der Waals surface area contributed by atoms with Crippen molar-refractivity contribution < 1.29 is 16.5 Å². The van der Waals surface area contributed by atoms with Gasteiger partial charge in [-0.2, -0.15) is 0 Å². The van der Waals surface area contributed by atoms with Gasteiger partial charge in [-0.1, -0.05) is 0 Å². The van der Waals surface area contributed by atoms with Crippen molar-refractivity contribution in [3.63, 3.8) is 0 Å². The minimum Gasteiger partial charge on any atom is -0.147 e. The standard InChI is InChI=1S/C9H7.3C6H5.C4H4P.C2H7Si.2ClH.Zr/c1-2-5-9-7-3-6-8(9)4-1;3*1-2-4-6-5-3-1;1-2-4-5-3-1;1-3-2;;;/h1-7H;3*1-5H;1-3,5H;3H,1-2H3;2*1H;. The molecule has 2 atom stereocenters. The number of hydrogen-bond acceptors (Lipinski definition) is 0. The predicted molar refractivity (Wildman–Crippen MR) is 175 cm³/mol. The molecule has 0 fully saturated rings. The molecule has 1 aliphatic carbocycles. The van der Waals surface area contributed by atoms with Crippen LogP contribution < -0.4 is 12.8 Å². The topological polar surface area (TPSA) is 0 Å². The molecule has 0 bridgehead atoms. The van der Waals surface area contributed by atoms with Crippen molar-refractivity contribution in [1.29, 1.82) is 0 Å². The normalized spacial score (nSPS) is 16.2. The summed E-state index contributed by atoms with van der Waals surface area (Å²) < 4.78 is 6.80. The molecule has 0 spiro atoms. The van der Waals surface area contributed by atoms with Gasteiger partial charge in [-0.15, -0.1) is 24.8 Å². The zero-order valence-corrected chi connectivity index (χ0v) is 28.1. The van der Waals surface area contributed by atoms with E-state index in [-0.39, 0.29) is 24.8 Å². The number of rotatable bonds is 6. The van der Waals surface area contributed by atoms with E-state index in [4.69, 9.17) is 0 Å². The fourth-order valence-corrected chi connectivity index (χ4v) is 78.3. The van der Waals surface area contributed by atoms with Crippen molar-refractivity contribution in [2.45, 2.75) is 16.7 Å². The Labute approximate surface area is 239 Å². The summed E-state index contributed by atoms with van der Waals surface area (Å²) >= 11 is -5.27. The van der Waals surface area contributed by atoms with Crippen molar-refractivity contribution in [2.75, 3.05) is 0 Å². The van der Waals surface area contributed by atoms with Crippen molar-refractivity contribution in [1.82, 2.24) is 0 Å². The summed E-state index contributed by atoms with van der Waals surface area (Å²) in [5.74, 6) is 0.841. The second-order valence-electron chi connectivity index (χ2n) is 10.9.